The molecule has 0 aromatic heterocycles. The molecule has 1 aromatic rings. The van der Waals surface area contributed by atoms with Crippen molar-refractivity contribution >= 4 is 0 Å². The molecule has 1 atom stereocenters. The molecule has 1 aliphatic rings. The van der Waals surface area contributed by atoms with Crippen LogP contribution >= 0.6 is 0 Å². The van der Waals surface area contributed by atoms with Crippen molar-refractivity contribution in [3.63, 3.8) is 0 Å². The van der Waals surface area contributed by atoms with Crippen LogP contribution in [0.25, 0.3) is 0 Å². The average Bonchev–Trinajstić information content (AvgIpc) is 2.77. The molecule has 2 N–H and O–H groups in total. The Bertz CT molecular complexity index is 323. The first kappa shape index (κ1) is 11.6. The summed E-state index contributed by atoms with van der Waals surface area (Å²) in [5.41, 5.74) is 2.20. The molecule has 1 heterocycles. The number of aliphatic hydroxyl groups excluding tert-OH is 2. The monoisotopic (exact) mass is 221 g/mol. The Morgan fingerprint density at radius 1 is 1.12 bits per heavy atom. The van der Waals surface area contributed by atoms with Crippen molar-refractivity contribution < 1.29 is 10.2 Å². The summed E-state index contributed by atoms with van der Waals surface area (Å²) >= 11 is 0. The van der Waals surface area contributed by atoms with Gasteiger partial charge in [0.05, 0.1) is 13.2 Å². The molecule has 1 saturated heterocycles. The van der Waals surface area contributed by atoms with Gasteiger partial charge in [-0.25, -0.2) is 0 Å². The smallest absolute Gasteiger partial charge is 0.0681 e. The van der Waals surface area contributed by atoms with Gasteiger partial charge in [0.15, 0.2) is 0 Å². The molecule has 0 unspecified atom stereocenters. The molecular formula is C13H19NO2. The lowest BCUT2D eigenvalue weighted by Crippen LogP contribution is -2.31. The summed E-state index contributed by atoms with van der Waals surface area (Å²) in [6.07, 6.45) is 2.28. The summed E-state index contributed by atoms with van der Waals surface area (Å²) in [7, 11) is 0. The van der Waals surface area contributed by atoms with Crippen LogP contribution in [0.5, 0.6) is 0 Å². The van der Waals surface area contributed by atoms with Crippen molar-refractivity contribution in [2.45, 2.75) is 32.0 Å². The summed E-state index contributed by atoms with van der Waals surface area (Å²) in [5.74, 6) is 0. The van der Waals surface area contributed by atoms with Gasteiger partial charge in [-0.3, -0.25) is 4.90 Å². The highest BCUT2D eigenvalue weighted by molar-refractivity contribution is 5.22. The largest absolute Gasteiger partial charge is 0.395 e. The molecule has 2 rings (SSSR count). The number of aliphatic hydroxyl groups is 2. The maximum absolute atomic E-state index is 9.22. The summed E-state index contributed by atoms with van der Waals surface area (Å²) < 4.78 is 0. The number of hydrogen-bond acceptors (Lipinski definition) is 3. The van der Waals surface area contributed by atoms with E-state index >= 15 is 0 Å². The Balaban J connectivity index is 1.97. The van der Waals surface area contributed by atoms with Gasteiger partial charge in [-0.2, -0.15) is 0 Å². The van der Waals surface area contributed by atoms with Gasteiger partial charge in [0, 0.05) is 12.6 Å². The molecule has 1 aromatic carbocycles. The Kier molecular flexibility index (Phi) is 3.93. The summed E-state index contributed by atoms with van der Waals surface area (Å²) in [6.45, 7) is 2.34. The molecule has 1 fully saturated rings. The van der Waals surface area contributed by atoms with Crippen molar-refractivity contribution in [3.05, 3.63) is 35.4 Å². The summed E-state index contributed by atoms with van der Waals surface area (Å²) in [5, 5.41) is 18.2. The van der Waals surface area contributed by atoms with Crippen LogP contribution in [0.4, 0.5) is 0 Å². The lowest BCUT2D eigenvalue weighted by molar-refractivity contribution is 0.153. The molecular weight excluding hydrogens is 202 g/mol. The lowest BCUT2D eigenvalue weighted by Gasteiger charge is -2.22. The predicted molar refractivity (Wildman–Crippen MR) is 62.9 cm³/mol. The fraction of sp³-hybridized carbons (Fsp3) is 0.538. The third kappa shape index (κ3) is 2.61. The van der Waals surface area contributed by atoms with Crippen LogP contribution in [0.15, 0.2) is 24.3 Å². The second-order valence-corrected chi connectivity index (χ2v) is 4.42. The number of rotatable bonds is 4. The molecule has 0 radical (unpaired) electrons. The van der Waals surface area contributed by atoms with Gasteiger partial charge in [0.25, 0.3) is 0 Å². The van der Waals surface area contributed by atoms with Gasteiger partial charge >= 0.3 is 0 Å². The van der Waals surface area contributed by atoms with Crippen molar-refractivity contribution in [1.82, 2.24) is 4.90 Å². The van der Waals surface area contributed by atoms with Crippen molar-refractivity contribution in [1.29, 1.82) is 0 Å². The number of likely N-dealkylation sites (tertiary alicyclic amines) is 1. The average molecular weight is 221 g/mol. The van der Waals surface area contributed by atoms with Gasteiger partial charge < -0.3 is 10.2 Å². The number of benzene rings is 1. The van der Waals surface area contributed by atoms with E-state index < -0.39 is 0 Å². The fourth-order valence-corrected chi connectivity index (χ4v) is 2.29. The zero-order valence-corrected chi connectivity index (χ0v) is 9.47. The molecule has 0 amide bonds. The molecule has 0 bridgehead atoms. The highest BCUT2D eigenvalue weighted by atomic mass is 16.3. The van der Waals surface area contributed by atoms with Crippen LogP contribution in [-0.4, -0.2) is 34.3 Å². The van der Waals surface area contributed by atoms with E-state index in [2.05, 4.69) is 17.0 Å². The second kappa shape index (κ2) is 5.43. The minimum atomic E-state index is 0.100. The van der Waals surface area contributed by atoms with E-state index in [1.54, 1.807) is 0 Å². The highest BCUT2D eigenvalue weighted by Crippen LogP contribution is 2.19. The van der Waals surface area contributed by atoms with E-state index in [9.17, 15) is 5.11 Å². The first-order chi connectivity index (χ1) is 7.83. The summed E-state index contributed by atoms with van der Waals surface area (Å²) in [4.78, 5) is 2.33. The summed E-state index contributed by atoms with van der Waals surface area (Å²) in [6, 6.07) is 8.35. The SMILES string of the molecule is OCc1ccc(CN2CCC[C@@H]2CO)cc1. The quantitative estimate of drug-likeness (QED) is 0.801. The van der Waals surface area contributed by atoms with Crippen molar-refractivity contribution in [2.75, 3.05) is 13.2 Å². The Hall–Kier alpha value is -0.900. The number of nitrogens with zero attached hydrogens (tertiary/aromatic N) is 1. The van der Waals surface area contributed by atoms with E-state index in [0.717, 1.165) is 25.1 Å². The first-order valence-electron chi connectivity index (χ1n) is 5.87. The zero-order valence-electron chi connectivity index (χ0n) is 9.47. The molecule has 1 aliphatic heterocycles. The van der Waals surface area contributed by atoms with Crippen LogP contribution in [0.1, 0.15) is 24.0 Å². The second-order valence-electron chi connectivity index (χ2n) is 4.42. The third-order valence-electron chi connectivity index (χ3n) is 3.30. The molecule has 3 heteroatoms. The van der Waals surface area contributed by atoms with Crippen LogP contribution in [0, 0.1) is 0 Å². The van der Waals surface area contributed by atoms with Crippen LogP contribution in [0.3, 0.4) is 0 Å². The Morgan fingerprint density at radius 3 is 2.44 bits per heavy atom. The predicted octanol–water partition coefficient (Wildman–Crippen LogP) is 1.14. The van der Waals surface area contributed by atoms with Gasteiger partial charge in [0.2, 0.25) is 0 Å². The normalized spacial score (nSPS) is 21.5. The van der Waals surface area contributed by atoms with Gasteiger partial charge in [0.1, 0.15) is 0 Å². The minimum Gasteiger partial charge on any atom is -0.395 e. The molecule has 16 heavy (non-hydrogen) atoms. The van der Waals surface area contributed by atoms with E-state index in [-0.39, 0.29) is 13.2 Å². The van der Waals surface area contributed by atoms with Crippen LogP contribution in [0.2, 0.25) is 0 Å². The van der Waals surface area contributed by atoms with Crippen molar-refractivity contribution in [2.24, 2.45) is 0 Å². The standard InChI is InChI=1S/C13H19NO2/c15-9-12-5-3-11(4-6-12)8-14-7-1-2-13(14)10-16/h3-6,13,15-16H,1-2,7-10H2/t13-/m1/s1. The molecule has 0 saturated carbocycles. The molecule has 0 spiro atoms. The zero-order chi connectivity index (χ0) is 11.4. The van der Waals surface area contributed by atoms with E-state index in [1.807, 2.05) is 12.1 Å². The maximum Gasteiger partial charge on any atom is 0.0681 e. The first-order valence-corrected chi connectivity index (χ1v) is 5.87. The van der Waals surface area contributed by atoms with Gasteiger partial charge in [-0.05, 0) is 30.5 Å². The highest BCUT2D eigenvalue weighted by Gasteiger charge is 2.23. The Morgan fingerprint density at radius 2 is 1.81 bits per heavy atom. The molecule has 0 aliphatic carbocycles. The van der Waals surface area contributed by atoms with Crippen LogP contribution in [-0.2, 0) is 13.2 Å². The van der Waals surface area contributed by atoms with E-state index in [4.69, 9.17) is 5.11 Å². The number of hydrogen-bond donors (Lipinski definition) is 2. The minimum absolute atomic E-state index is 0.100. The van der Waals surface area contributed by atoms with E-state index in [1.165, 1.54) is 12.0 Å². The van der Waals surface area contributed by atoms with E-state index in [0.29, 0.717) is 6.04 Å². The Labute approximate surface area is 96.3 Å². The third-order valence-corrected chi connectivity index (χ3v) is 3.30. The molecule has 88 valence electrons. The van der Waals surface area contributed by atoms with Crippen molar-refractivity contribution in [3.8, 4) is 0 Å². The maximum atomic E-state index is 9.22. The fourth-order valence-electron chi connectivity index (χ4n) is 2.29. The lowest BCUT2D eigenvalue weighted by atomic mass is 10.1. The van der Waals surface area contributed by atoms with Gasteiger partial charge in [-0.1, -0.05) is 24.3 Å². The topological polar surface area (TPSA) is 43.7 Å². The van der Waals surface area contributed by atoms with Crippen LogP contribution < -0.4 is 0 Å². The van der Waals surface area contributed by atoms with Gasteiger partial charge in [-0.15, -0.1) is 0 Å². The molecule has 3 nitrogen and oxygen atoms in total.